The van der Waals surface area contributed by atoms with E-state index in [4.69, 9.17) is 0 Å². The van der Waals surface area contributed by atoms with Crippen molar-refractivity contribution in [1.29, 1.82) is 0 Å². The zero-order valence-corrected chi connectivity index (χ0v) is 17.5. The van der Waals surface area contributed by atoms with E-state index in [1.165, 1.54) is 22.4 Å². The van der Waals surface area contributed by atoms with Crippen LogP contribution < -0.4 is 4.90 Å². The molecule has 4 heteroatoms. The molecule has 0 saturated heterocycles. The highest BCUT2D eigenvalue weighted by atomic mass is 79.9. The summed E-state index contributed by atoms with van der Waals surface area (Å²) in [5.41, 5.74) is 5.55. The minimum Gasteiger partial charge on any atom is -0.478 e. The first-order chi connectivity index (χ1) is 14.1. The van der Waals surface area contributed by atoms with Gasteiger partial charge in [-0.25, -0.2) is 4.79 Å². The molecule has 146 valence electrons. The summed E-state index contributed by atoms with van der Waals surface area (Å²) in [7, 11) is 0. The van der Waals surface area contributed by atoms with Gasteiger partial charge in [0.2, 0.25) is 0 Å². The van der Waals surface area contributed by atoms with Crippen molar-refractivity contribution in [2.75, 3.05) is 11.4 Å². The number of anilines is 1. The van der Waals surface area contributed by atoms with Gasteiger partial charge in [0.05, 0.1) is 11.6 Å². The number of benzene rings is 2. The van der Waals surface area contributed by atoms with Crippen molar-refractivity contribution < 1.29 is 9.90 Å². The maximum Gasteiger partial charge on any atom is 0.335 e. The van der Waals surface area contributed by atoms with Crippen LogP contribution in [0.25, 0.3) is 0 Å². The predicted octanol–water partition coefficient (Wildman–Crippen LogP) is 6.04. The number of hydrogen-bond acceptors (Lipinski definition) is 2. The maximum absolute atomic E-state index is 11.9. The number of fused-ring (bicyclic) bond motifs is 4. The molecule has 0 unspecified atom stereocenters. The van der Waals surface area contributed by atoms with Crippen molar-refractivity contribution in [2.24, 2.45) is 11.8 Å². The summed E-state index contributed by atoms with van der Waals surface area (Å²) >= 11 is 3.57. The molecule has 0 fully saturated rings. The average Bonchev–Trinajstić information content (AvgIpc) is 3.38. The Kier molecular flexibility index (Phi) is 3.83. The number of carboxylic acids is 1. The fourth-order valence-corrected chi connectivity index (χ4v) is 6.39. The molecule has 0 radical (unpaired) electrons. The van der Waals surface area contributed by atoms with Gasteiger partial charge in [0, 0.05) is 28.5 Å². The first-order valence-electron chi connectivity index (χ1n) is 10.4. The molecule has 0 amide bonds. The summed E-state index contributed by atoms with van der Waals surface area (Å²) in [5.74, 6) is 0.786. The molecule has 2 aliphatic carbocycles. The molecule has 29 heavy (non-hydrogen) atoms. The highest BCUT2D eigenvalue weighted by Crippen LogP contribution is 2.58. The van der Waals surface area contributed by atoms with Crippen LogP contribution in [0.4, 0.5) is 5.69 Å². The second kappa shape index (κ2) is 6.33. The summed E-state index contributed by atoms with van der Waals surface area (Å²) in [6.07, 6.45) is 11.3. The van der Waals surface area contributed by atoms with Crippen LogP contribution in [0.1, 0.15) is 57.8 Å². The summed E-state index contributed by atoms with van der Waals surface area (Å²) < 4.78 is 1.10. The molecule has 0 bridgehead atoms. The Morgan fingerprint density at radius 3 is 2.59 bits per heavy atom. The Balaban J connectivity index is 1.59. The number of aromatic carboxylic acids is 1. The number of halogens is 1. The van der Waals surface area contributed by atoms with E-state index in [9.17, 15) is 9.90 Å². The Bertz CT molecular complexity index is 1070. The summed E-state index contributed by atoms with van der Waals surface area (Å²) in [5, 5.41) is 9.78. The first kappa shape index (κ1) is 17.5. The van der Waals surface area contributed by atoms with Gasteiger partial charge in [-0.1, -0.05) is 52.4 Å². The van der Waals surface area contributed by atoms with Gasteiger partial charge in [0.1, 0.15) is 0 Å². The average molecular weight is 448 g/mol. The van der Waals surface area contributed by atoms with Gasteiger partial charge in [-0.2, -0.15) is 0 Å². The van der Waals surface area contributed by atoms with Crippen LogP contribution in [0.5, 0.6) is 0 Å². The van der Waals surface area contributed by atoms with E-state index in [-0.39, 0.29) is 0 Å². The number of carboxylic acid groups (broad SMARTS) is 1. The van der Waals surface area contributed by atoms with Crippen LogP contribution in [0.3, 0.4) is 0 Å². The number of allylic oxidation sites excluding steroid dienone is 3. The maximum atomic E-state index is 11.9. The molecular weight excluding hydrogens is 426 g/mol. The number of hydrogen-bond donors (Lipinski definition) is 1. The quantitative estimate of drug-likeness (QED) is 0.570. The second-order valence-electron chi connectivity index (χ2n) is 8.75. The Morgan fingerprint density at radius 2 is 1.79 bits per heavy atom. The van der Waals surface area contributed by atoms with E-state index in [1.54, 1.807) is 0 Å². The predicted molar refractivity (Wildman–Crippen MR) is 118 cm³/mol. The van der Waals surface area contributed by atoms with E-state index in [2.05, 4.69) is 69.4 Å². The molecule has 2 aliphatic heterocycles. The highest BCUT2D eigenvalue weighted by Gasteiger charge is 2.47. The van der Waals surface area contributed by atoms with Crippen molar-refractivity contribution in [3.8, 4) is 0 Å². The third-order valence-corrected chi connectivity index (χ3v) is 7.84. The fraction of sp³-hybridized carbons (Fsp3) is 0.320. The number of rotatable bonds is 2. The second-order valence-corrected chi connectivity index (χ2v) is 9.67. The molecule has 0 aromatic heterocycles. The summed E-state index contributed by atoms with van der Waals surface area (Å²) in [6, 6.07) is 13.0. The Hall–Kier alpha value is -2.33. The number of nitrogens with zero attached hydrogens (tertiary/aromatic N) is 1. The molecule has 0 spiro atoms. The van der Waals surface area contributed by atoms with Gasteiger partial charge in [-0.05, 0) is 65.6 Å². The van der Waals surface area contributed by atoms with Gasteiger partial charge >= 0.3 is 5.97 Å². The Morgan fingerprint density at radius 1 is 1.03 bits per heavy atom. The molecule has 2 aromatic rings. The minimum absolute atomic E-state index is 0.301. The van der Waals surface area contributed by atoms with Crippen molar-refractivity contribution in [1.82, 2.24) is 0 Å². The largest absolute Gasteiger partial charge is 0.478 e. The summed E-state index contributed by atoms with van der Waals surface area (Å²) in [6.45, 7) is 1.03. The van der Waals surface area contributed by atoms with Crippen LogP contribution in [0.15, 0.2) is 65.2 Å². The molecule has 1 N–H and O–H groups in total. The van der Waals surface area contributed by atoms with E-state index in [1.807, 2.05) is 12.1 Å². The third kappa shape index (κ3) is 2.51. The standard InChI is InChI=1S/C25H22BrNO2/c26-17-9-7-14(8-10-17)23-20-6-2-5-19(20)22-12-16(25(28)29)11-21-18-4-1-3-15(18)13-27(23)24(21)22/h1-2,4,6-12,15,18-20,23H,3,5,13H2,(H,28,29)/t15-,18+,19+,20+,23-/m1/s1. The van der Waals surface area contributed by atoms with E-state index < -0.39 is 5.97 Å². The Labute approximate surface area is 178 Å². The third-order valence-electron chi connectivity index (χ3n) is 7.31. The first-order valence-corrected chi connectivity index (χ1v) is 11.2. The molecule has 0 saturated carbocycles. The lowest BCUT2D eigenvalue weighted by Gasteiger charge is -2.51. The van der Waals surface area contributed by atoms with E-state index >= 15 is 0 Å². The van der Waals surface area contributed by atoms with Crippen LogP contribution in [-0.4, -0.2) is 17.6 Å². The lowest BCUT2D eigenvalue weighted by molar-refractivity contribution is 0.0696. The molecule has 2 heterocycles. The van der Waals surface area contributed by atoms with Crippen molar-refractivity contribution >= 4 is 27.6 Å². The van der Waals surface area contributed by atoms with Gasteiger partial charge in [0.25, 0.3) is 0 Å². The van der Waals surface area contributed by atoms with E-state index in [0.29, 0.717) is 35.3 Å². The fourth-order valence-electron chi connectivity index (χ4n) is 6.12. The molecule has 6 rings (SSSR count). The minimum atomic E-state index is -0.822. The van der Waals surface area contributed by atoms with Gasteiger partial charge in [0.15, 0.2) is 0 Å². The van der Waals surface area contributed by atoms with Crippen molar-refractivity contribution in [3.63, 3.8) is 0 Å². The van der Waals surface area contributed by atoms with Gasteiger partial charge in [-0.3, -0.25) is 0 Å². The van der Waals surface area contributed by atoms with Crippen LogP contribution in [0.2, 0.25) is 0 Å². The topological polar surface area (TPSA) is 40.5 Å². The lowest BCUT2D eigenvalue weighted by atomic mass is 9.70. The lowest BCUT2D eigenvalue weighted by Crippen LogP contribution is -2.46. The van der Waals surface area contributed by atoms with Crippen LogP contribution in [0, 0.1) is 11.8 Å². The van der Waals surface area contributed by atoms with Crippen molar-refractivity contribution in [2.45, 2.75) is 30.7 Å². The zero-order valence-electron chi connectivity index (χ0n) is 16.0. The van der Waals surface area contributed by atoms with Gasteiger partial charge < -0.3 is 10.0 Å². The summed E-state index contributed by atoms with van der Waals surface area (Å²) in [4.78, 5) is 14.5. The smallest absolute Gasteiger partial charge is 0.335 e. The SMILES string of the molecule is O=C(O)c1cc2c3c(c1)[C@H]1CC=C[C@@H]1[C@@H](c1ccc(Br)cc1)N3C[C@H]1CC=C[C@H]21. The van der Waals surface area contributed by atoms with Gasteiger partial charge in [-0.15, -0.1) is 0 Å². The molecule has 3 nitrogen and oxygen atoms in total. The normalized spacial score (nSPS) is 30.8. The highest BCUT2D eigenvalue weighted by molar-refractivity contribution is 9.10. The van der Waals surface area contributed by atoms with Crippen molar-refractivity contribution in [3.05, 3.63) is 87.4 Å². The monoisotopic (exact) mass is 447 g/mol. The zero-order chi connectivity index (χ0) is 19.7. The van der Waals surface area contributed by atoms with Crippen LogP contribution >= 0.6 is 15.9 Å². The van der Waals surface area contributed by atoms with E-state index in [0.717, 1.165) is 23.9 Å². The molecule has 2 aromatic carbocycles. The molecule has 4 aliphatic rings. The molecule has 5 atom stereocenters. The number of carbonyl (C=O) groups is 1. The molecular formula is C25H22BrNO2. The van der Waals surface area contributed by atoms with Crippen LogP contribution in [-0.2, 0) is 0 Å².